The number of benzene rings is 2. The van der Waals surface area contributed by atoms with Crippen LogP contribution in [0.15, 0.2) is 36.4 Å². The van der Waals surface area contributed by atoms with Crippen LogP contribution in [0.3, 0.4) is 0 Å². The lowest BCUT2D eigenvalue weighted by Crippen LogP contribution is -2.37. The normalized spacial score (nSPS) is 10.4. The highest BCUT2D eigenvalue weighted by molar-refractivity contribution is 6.44. The highest BCUT2D eigenvalue weighted by atomic mass is 35.5. The Balaban J connectivity index is 2.22. The summed E-state index contributed by atoms with van der Waals surface area (Å²) in [6.45, 7) is 2.96. The molecule has 126 valence electrons. The van der Waals surface area contributed by atoms with Crippen molar-refractivity contribution in [3.8, 4) is 0 Å². The standard InChI is InChI=1S/C17H15Cl3N2O2/c1-10-12(18)5-3-7-14(10)21-16(24)9-22(11(2)23)15-8-4-6-13(19)17(15)20/h3-8H,9H2,1-2H3,(H,21,24). The second-order valence-corrected chi connectivity index (χ2v) is 6.33. The molecule has 2 aromatic carbocycles. The second kappa shape index (κ2) is 7.88. The highest BCUT2D eigenvalue weighted by Crippen LogP contribution is 2.32. The first-order chi connectivity index (χ1) is 11.3. The molecule has 2 aromatic rings. The van der Waals surface area contributed by atoms with Crippen molar-refractivity contribution in [3.05, 3.63) is 57.0 Å². The summed E-state index contributed by atoms with van der Waals surface area (Å²) in [7, 11) is 0. The van der Waals surface area contributed by atoms with Crippen molar-refractivity contribution in [2.75, 3.05) is 16.8 Å². The number of hydrogen-bond acceptors (Lipinski definition) is 2. The molecule has 0 saturated carbocycles. The molecular weight excluding hydrogens is 371 g/mol. The fraction of sp³-hybridized carbons (Fsp3) is 0.176. The lowest BCUT2D eigenvalue weighted by atomic mass is 10.2. The van der Waals surface area contributed by atoms with E-state index in [0.717, 1.165) is 5.56 Å². The summed E-state index contributed by atoms with van der Waals surface area (Å²) >= 11 is 18.2. The summed E-state index contributed by atoms with van der Waals surface area (Å²) in [5, 5.41) is 3.83. The van der Waals surface area contributed by atoms with Gasteiger partial charge in [-0.2, -0.15) is 0 Å². The first kappa shape index (κ1) is 18.6. The molecule has 0 unspecified atom stereocenters. The predicted molar refractivity (Wildman–Crippen MR) is 99.3 cm³/mol. The van der Waals surface area contributed by atoms with Gasteiger partial charge in [-0.1, -0.05) is 46.9 Å². The Bertz CT molecular complexity index is 793. The number of anilines is 2. The Morgan fingerprint density at radius 2 is 1.67 bits per heavy atom. The number of hydrogen-bond donors (Lipinski definition) is 1. The summed E-state index contributed by atoms with van der Waals surface area (Å²) in [5.41, 5.74) is 1.73. The number of nitrogens with zero attached hydrogens (tertiary/aromatic N) is 1. The molecule has 2 rings (SSSR count). The molecular formula is C17H15Cl3N2O2. The number of rotatable bonds is 4. The molecule has 1 N–H and O–H groups in total. The highest BCUT2D eigenvalue weighted by Gasteiger charge is 2.20. The molecule has 4 nitrogen and oxygen atoms in total. The van der Waals surface area contributed by atoms with Crippen molar-refractivity contribution < 1.29 is 9.59 Å². The van der Waals surface area contributed by atoms with E-state index in [-0.39, 0.29) is 23.4 Å². The van der Waals surface area contributed by atoms with Gasteiger partial charge in [-0.15, -0.1) is 0 Å². The van der Waals surface area contributed by atoms with Crippen LogP contribution in [0.2, 0.25) is 15.1 Å². The maximum Gasteiger partial charge on any atom is 0.244 e. The van der Waals surface area contributed by atoms with E-state index in [4.69, 9.17) is 34.8 Å². The van der Waals surface area contributed by atoms with E-state index in [1.807, 2.05) is 0 Å². The molecule has 0 aliphatic rings. The van der Waals surface area contributed by atoms with Gasteiger partial charge in [0, 0.05) is 17.6 Å². The molecule has 2 amide bonds. The molecule has 0 aliphatic carbocycles. The molecule has 0 heterocycles. The molecule has 0 saturated heterocycles. The van der Waals surface area contributed by atoms with Crippen LogP contribution in [-0.2, 0) is 9.59 Å². The summed E-state index contributed by atoms with van der Waals surface area (Å²) in [6, 6.07) is 10.1. The van der Waals surface area contributed by atoms with Gasteiger partial charge >= 0.3 is 0 Å². The van der Waals surface area contributed by atoms with Crippen molar-refractivity contribution in [2.45, 2.75) is 13.8 Å². The van der Waals surface area contributed by atoms with Crippen molar-refractivity contribution in [2.24, 2.45) is 0 Å². The van der Waals surface area contributed by atoms with Gasteiger partial charge in [0.05, 0.1) is 15.7 Å². The maximum atomic E-state index is 12.3. The van der Waals surface area contributed by atoms with E-state index in [1.54, 1.807) is 43.3 Å². The van der Waals surface area contributed by atoms with Crippen LogP contribution >= 0.6 is 34.8 Å². The van der Waals surface area contributed by atoms with E-state index in [1.165, 1.54) is 11.8 Å². The van der Waals surface area contributed by atoms with Gasteiger partial charge in [0.1, 0.15) is 6.54 Å². The Morgan fingerprint density at radius 1 is 1.04 bits per heavy atom. The Labute approximate surface area is 155 Å². The minimum absolute atomic E-state index is 0.193. The Kier molecular flexibility index (Phi) is 6.10. The number of amides is 2. The van der Waals surface area contributed by atoms with Crippen LogP contribution in [0.25, 0.3) is 0 Å². The van der Waals surface area contributed by atoms with Gasteiger partial charge in [-0.25, -0.2) is 0 Å². The zero-order valence-electron chi connectivity index (χ0n) is 13.1. The molecule has 0 atom stereocenters. The van der Waals surface area contributed by atoms with Crippen LogP contribution in [0.4, 0.5) is 11.4 Å². The van der Waals surface area contributed by atoms with E-state index in [2.05, 4.69) is 5.32 Å². The summed E-state index contributed by atoms with van der Waals surface area (Å²) < 4.78 is 0. The Hall–Kier alpha value is -1.75. The Morgan fingerprint density at radius 3 is 2.33 bits per heavy atom. The minimum atomic E-state index is -0.369. The average molecular weight is 386 g/mol. The van der Waals surface area contributed by atoms with Crippen LogP contribution in [0.5, 0.6) is 0 Å². The van der Waals surface area contributed by atoms with Crippen molar-refractivity contribution in [1.29, 1.82) is 0 Å². The third kappa shape index (κ3) is 4.20. The van der Waals surface area contributed by atoms with Gasteiger partial charge in [-0.3, -0.25) is 9.59 Å². The van der Waals surface area contributed by atoms with E-state index < -0.39 is 0 Å². The largest absolute Gasteiger partial charge is 0.324 e. The van der Waals surface area contributed by atoms with Gasteiger partial charge in [0.25, 0.3) is 0 Å². The molecule has 0 radical (unpaired) electrons. The van der Waals surface area contributed by atoms with Crippen molar-refractivity contribution in [1.82, 2.24) is 0 Å². The predicted octanol–water partition coefficient (Wildman–Crippen LogP) is 4.95. The fourth-order valence-corrected chi connectivity index (χ4v) is 2.72. The van der Waals surface area contributed by atoms with Gasteiger partial charge in [0.2, 0.25) is 11.8 Å². The zero-order chi connectivity index (χ0) is 17.9. The smallest absolute Gasteiger partial charge is 0.244 e. The van der Waals surface area contributed by atoms with Gasteiger partial charge in [-0.05, 0) is 36.8 Å². The molecule has 7 heteroatoms. The minimum Gasteiger partial charge on any atom is -0.324 e. The molecule has 24 heavy (non-hydrogen) atoms. The third-order valence-electron chi connectivity index (χ3n) is 3.45. The lowest BCUT2D eigenvalue weighted by Gasteiger charge is -2.22. The van der Waals surface area contributed by atoms with Crippen molar-refractivity contribution in [3.63, 3.8) is 0 Å². The molecule has 0 aliphatic heterocycles. The number of carbonyl (C=O) groups is 2. The molecule has 0 spiro atoms. The fourth-order valence-electron chi connectivity index (χ4n) is 2.14. The number of carbonyl (C=O) groups excluding carboxylic acids is 2. The van der Waals surface area contributed by atoms with E-state index in [0.29, 0.717) is 21.4 Å². The SMILES string of the molecule is CC(=O)N(CC(=O)Nc1cccc(Cl)c1C)c1cccc(Cl)c1Cl. The van der Waals surface area contributed by atoms with Gasteiger partial charge in [0.15, 0.2) is 0 Å². The summed E-state index contributed by atoms with van der Waals surface area (Å²) in [4.78, 5) is 25.5. The van der Waals surface area contributed by atoms with Crippen LogP contribution in [0, 0.1) is 6.92 Å². The van der Waals surface area contributed by atoms with Crippen LogP contribution in [0.1, 0.15) is 12.5 Å². The first-order valence-electron chi connectivity index (χ1n) is 7.08. The average Bonchev–Trinajstić information content (AvgIpc) is 2.52. The topological polar surface area (TPSA) is 49.4 Å². The zero-order valence-corrected chi connectivity index (χ0v) is 15.3. The summed E-state index contributed by atoms with van der Waals surface area (Å²) in [5.74, 6) is -0.691. The molecule has 0 aromatic heterocycles. The van der Waals surface area contributed by atoms with Crippen molar-refractivity contribution >= 4 is 58.0 Å². The first-order valence-corrected chi connectivity index (χ1v) is 8.21. The molecule has 0 fully saturated rings. The van der Waals surface area contributed by atoms with E-state index >= 15 is 0 Å². The third-order valence-corrected chi connectivity index (χ3v) is 4.66. The van der Waals surface area contributed by atoms with Crippen LogP contribution in [-0.4, -0.2) is 18.4 Å². The quantitative estimate of drug-likeness (QED) is 0.810. The van der Waals surface area contributed by atoms with Gasteiger partial charge < -0.3 is 10.2 Å². The molecule has 0 bridgehead atoms. The van der Waals surface area contributed by atoms with E-state index in [9.17, 15) is 9.59 Å². The number of nitrogens with one attached hydrogen (secondary N) is 1. The van der Waals surface area contributed by atoms with Crippen LogP contribution < -0.4 is 10.2 Å². The number of halogens is 3. The maximum absolute atomic E-state index is 12.3. The summed E-state index contributed by atoms with van der Waals surface area (Å²) in [6.07, 6.45) is 0. The monoisotopic (exact) mass is 384 g/mol. The lowest BCUT2D eigenvalue weighted by molar-refractivity contribution is -0.120. The second-order valence-electron chi connectivity index (χ2n) is 5.14.